The molecule has 1 saturated heterocycles. The first-order chi connectivity index (χ1) is 14.0. The summed E-state index contributed by atoms with van der Waals surface area (Å²) in [4.78, 5) is 17.4. The number of nitrogens with one attached hydrogen (secondary N) is 1. The van der Waals surface area contributed by atoms with Gasteiger partial charge in [0, 0.05) is 23.8 Å². The molecule has 1 amide bonds. The first-order valence-corrected chi connectivity index (χ1v) is 11.2. The van der Waals surface area contributed by atoms with E-state index in [-0.39, 0.29) is 10.8 Å². The predicted molar refractivity (Wildman–Crippen MR) is 113 cm³/mol. The van der Waals surface area contributed by atoms with Gasteiger partial charge in [0.25, 0.3) is 0 Å². The van der Waals surface area contributed by atoms with Crippen LogP contribution in [0.25, 0.3) is 10.9 Å². The average molecular weight is 410 g/mol. The highest BCUT2D eigenvalue weighted by Crippen LogP contribution is 2.30. The van der Waals surface area contributed by atoms with E-state index in [9.17, 15) is 13.2 Å². The van der Waals surface area contributed by atoms with Crippen LogP contribution in [0.5, 0.6) is 0 Å². The van der Waals surface area contributed by atoms with Crippen molar-refractivity contribution < 1.29 is 13.2 Å². The maximum Gasteiger partial charge on any atom is 0.245 e. The minimum atomic E-state index is -3.86. The summed E-state index contributed by atoms with van der Waals surface area (Å²) in [5.74, 6) is -0.292. The molecule has 1 N–H and O–H groups in total. The molecule has 0 bridgehead atoms. The van der Waals surface area contributed by atoms with E-state index in [1.165, 1.54) is 4.31 Å². The van der Waals surface area contributed by atoms with Gasteiger partial charge in [-0.25, -0.2) is 8.42 Å². The van der Waals surface area contributed by atoms with Crippen LogP contribution < -0.4 is 5.32 Å². The SMILES string of the molecule is CCc1ccccc1NC(=O)[C@@H]1CCCN1S(=O)(=O)c1cccc2cccnc12. The average Bonchev–Trinajstić information content (AvgIpc) is 3.25. The van der Waals surface area contributed by atoms with E-state index in [0.29, 0.717) is 24.9 Å². The molecular weight excluding hydrogens is 386 g/mol. The second-order valence-electron chi connectivity index (χ2n) is 7.11. The van der Waals surface area contributed by atoms with E-state index in [2.05, 4.69) is 10.3 Å². The van der Waals surface area contributed by atoms with Crippen molar-refractivity contribution in [2.24, 2.45) is 0 Å². The summed E-state index contributed by atoms with van der Waals surface area (Å²) in [5, 5.41) is 3.69. The predicted octanol–water partition coefficient (Wildman–Crippen LogP) is 3.59. The fraction of sp³-hybridized carbons (Fsp3) is 0.273. The number of aromatic nitrogens is 1. The Hall–Kier alpha value is -2.77. The molecule has 2 aromatic carbocycles. The summed E-state index contributed by atoms with van der Waals surface area (Å²) in [6.45, 7) is 2.34. The van der Waals surface area contributed by atoms with E-state index in [4.69, 9.17) is 0 Å². The molecule has 29 heavy (non-hydrogen) atoms. The number of sulfonamides is 1. The zero-order chi connectivity index (χ0) is 20.4. The van der Waals surface area contributed by atoms with Crippen molar-refractivity contribution in [3.05, 3.63) is 66.4 Å². The second kappa shape index (κ2) is 7.93. The Morgan fingerprint density at radius 1 is 1.14 bits per heavy atom. The molecule has 1 aromatic heterocycles. The Bertz CT molecular complexity index is 1160. The van der Waals surface area contributed by atoms with E-state index >= 15 is 0 Å². The van der Waals surface area contributed by atoms with Crippen LogP contribution in [0.2, 0.25) is 0 Å². The standard InChI is InChI=1S/C22H23N3O3S/c1-2-16-8-3-4-11-18(16)24-22(26)19-12-7-15-25(19)29(27,28)20-13-5-9-17-10-6-14-23-21(17)20/h3-6,8-11,13-14,19H,2,7,12,15H2,1H3,(H,24,26)/t19-/m0/s1. The Labute approximate surface area is 170 Å². The highest BCUT2D eigenvalue weighted by atomic mass is 32.2. The lowest BCUT2D eigenvalue weighted by molar-refractivity contribution is -0.119. The van der Waals surface area contributed by atoms with Gasteiger partial charge in [0.2, 0.25) is 15.9 Å². The number of pyridine rings is 1. The normalized spacial score (nSPS) is 17.5. The van der Waals surface area contributed by atoms with E-state index in [1.807, 2.05) is 43.3 Å². The lowest BCUT2D eigenvalue weighted by atomic mass is 10.1. The van der Waals surface area contributed by atoms with Crippen molar-refractivity contribution >= 4 is 32.5 Å². The summed E-state index contributed by atoms with van der Waals surface area (Å²) < 4.78 is 28.2. The number of carbonyl (C=O) groups is 1. The number of amides is 1. The maximum atomic E-state index is 13.4. The zero-order valence-corrected chi connectivity index (χ0v) is 17.0. The summed E-state index contributed by atoms with van der Waals surface area (Å²) in [6.07, 6.45) is 3.50. The van der Waals surface area contributed by atoms with Gasteiger partial charge in [-0.2, -0.15) is 4.31 Å². The number of carbonyl (C=O) groups excluding carboxylic acids is 1. The topological polar surface area (TPSA) is 79.4 Å². The molecule has 7 heteroatoms. The van der Waals surface area contributed by atoms with Crippen molar-refractivity contribution in [3.8, 4) is 0 Å². The van der Waals surface area contributed by atoms with Crippen LogP contribution in [0, 0.1) is 0 Å². The van der Waals surface area contributed by atoms with Crippen LogP contribution in [0.1, 0.15) is 25.3 Å². The van der Waals surface area contributed by atoms with Crippen LogP contribution in [0.15, 0.2) is 65.7 Å². The number of hydrogen-bond acceptors (Lipinski definition) is 4. The number of rotatable bonds is 5. The Morgan fingerprint density at radius 2 is 1.93 bits per heavy atom. The lowest BCUT2D eigenvalue weighted by Gasteiger charge is -2.24. The molecule has 4 rings (SSSR count). The van der Waals surface area contributed by atoms with Gasteiger partial charge in [0.1, 0.15) is 10.9 Å². The van der Waals surface area contributed by atoms with Gasteiger partial charge < -0.3 is 5.32 Å². The molecule has 0 saturated carbocycles. The number of aryl methyl sites for hydroxylation is 1. The number of nitrogens with zero attached hydrogens (tertiary/aromatic N) is 2. The fourth-order valence-electron chi connectivity index (χ4n) is 3.87. The third kappa shape index (κ3) is 3.63. The maximum absolute atomic E-state index is 13.4. The van der Waals surface area contributed by atoms with Crippen molar-refractivity contribution in [2.45, 2.75) is 37.1 Å². The Kier molecular flexibility index (Phi) is 5.34. The van der Waals surface area contributed by atoms with Crippen LogP contribution >= 0.6 is 0 Å². The third-order valence-electron chi connectivity index (χ3n) is 5.34. The lowest BCUT2D eigenvalue weighted by Crippen LogP contribution is -2.43. The molecule has 0 aliphatic carbocycles. The molecule has 6 nitrogen and oxygen atoms in total. The molecule has 150 valence electrons. The summed E-state index contributed by atoms with van der Waals surface area (Å²) in [7, 11) is -3.86. The van der Waals surface area contributed by atoms with Gasteiger partial charge in [-0.1, -0.05) is 43.3 Å². The number of para-hydroxylation sites is 2. The van der Waals surface area contributed by atoms with Gasteiger partial charge in [-0.15, -0.1) is 0 Å². The van der Waals surface area contributed by atoms with E-state index < -0.39 is 16.1 Å². The first-order valence-electron chi connectivity index (χ1n) is 9.76. The number of anilines is 1. The van der Waals surface area contributed by atoms with Gasteiger partial charge in [-0.3, -0.25) is 9.78 Å². The van der Waals surface area contributed by atoms with Crippen LogP contribution in [-0.4, -0.2) is 36.2 Å². The van der Waals surface area contributed by atoms with Crippen LogP contribution in [0.3, 0.4) is 0 Å². The smallest absolute Gasteiger partial charge is 0.245 e. The molecule has 0 unspecified atom stereocenters. The summed E-state index contributed by atoms with van der Waals surface area (Å²) in [5.41, 5.74) is 2.18. The molecule has 1 aliphatic rings. The van der Waals surface area contributed by atoms with Crippen molar-refractivity contribution in [3.63, 3.8) is 0 Å². The molecule has 1 atom stereocenters. The summed E-state index contributed by atoms with van der Waals surface area (Å²) in [6, 6.07) is 15.6. The third-order valence-corrected chi connectivity index (χ3v) is 7.28. The van der Waals surface area contributed by atoms with Gasteiger partial charge in [0.15, 0.2) is 0 Å². The van der Waals surface area contributed by atoms with E-state index in [0.717, 1.165) is 23.1 Å². The summed E-state index contributed by atoms with van der Waals surface area (Å²) >= 11 is 0. The molecule has 1 aliphatic heterocycles. The van der Waals surface area contributed by atoms with Gasteiger partial charge in [0.05, 0.1) is 5.52 Å². The molecular formula is C22H23N3O3S. The van der Waals surface area contributed by atoms with Crippen molar-refractivity contribution in [2.75, 3.05) is 11.9 Å². The molecule has 0 radical (unpaired) electrons. The van der Waals surface area contributed by atoms with Crippen LogP contribution in [0.4, 0.5) is 5.69 Å². The largest absolute Gasteiger partial charge is 0.324 e. The number of benzene rings is 2. The molecule has 1 fully saturated rings. The number of hydrogen-bond donors (Lipinski definition) is 1. The minimum absolute atomic E-state index is 0.143. The second-order valence-corrected chi connectivity index (χ2v) is 8.96. The monoisotopic (exact) mass is 409 g/mol. The molecule has 0 spiro atoms. The van der Waals surface area contributed by atoms with E-state index in [1.54, 1.807) is 24.4 Å². The Morgan fingerprint density at radius 3 is 2.76 bits per heavy atom. The van der Waals surface area contributed by atoms with Gasteiger partial charge >= 0.3 is 0 Å². The number of fused-ring (bicyclic) bond motifs is 1. The minimum Gasteiger partial charge on any atom is -0.324 e. The quantitative estimate of drug-likeness (QED) is 0.698. The van der Waals surface area contributed by atoms with Crippen molar-refractivity contribution in [1.29, 1.82) is 0 Å². The van der Waals surface area contributed by atoms with Gasteiger partial charge in [-0.05, 0) is 43.0 Å². The highest BCUT2D eigenvalue weighted by molar-refractivity contribution is 7.89. The Balaban J connectivity index is 1.66. The van der Waals surface area contributed by atoms with Crippen molar-refractivity contribution in [1.82, 2.24) is 9.29 Å². The molecule has 2 heterocycles. The highest BCUT2D eigenvalue weighted by Gasteiger charge is 2.40. The fourth-order valence-corrected chi connectivity index (χ4v) is 5.69. The first kappa shape index (κ1) is 19.5. The molecule has 3 aromatic rings. The zero-order valence-electron chi connectivity index (χ0n) is 16.2. The van der Waals surface area contributed by atoms with Crippen LogP contribution in [-0.2, 0) is 21.2 Å².